The normalized spacial score (nSPS) is 37.7. The molecule has 9 heteroatoms. The molecular formula is C15H22N6O3. The fraction of sp³-hybridized carbons (Fsp3) is 0.867. The van der Waals surface area contributed by atoms with Crippen LogP contribution in [0.2, 0.25) is 0 Å². The zero-order valence-corrected chi connectivity index (χ0v) is 13.8. The van der Waals surface area contributed by atoms with Gasteiger partial charge >= 0.3 is 11.6 Å². The van der Waals surface area contributed by atoms with Crippen molar-refractivity contribution >= 4 is 5.95 Å². The molecule has 0 spiro atoms. The van der Waals surface area contributed by atoms with Gasteiger partial charge in [0.2, 0.25) is 0 Å². The highest BCUT2D eigenvalue weighted by molar-refractivity contribution is 5.37. The van der Waals surface area contributed by atoms with E-state index in [1.807, 2.05) is 7.05 Å². The zero-order valence-electron chi connectivity index (χ0n) is 13.8. The Balaban J connectivity index is 1.63. The van der Waals surface area contributed by atoms with Crippen LogP contribution in [0.25, 0.3) is 0 Å². The van der Waals surface area contributed by atoms with Gasteiger partial charge in [-0.15, -0.1) is 9.67 Å². The number of aromatic nitrogens is 3. The SMILES string of the molecule is CN1CCn2c(nc(=O)n2[N+](=O)[O-])N1C12CC3CC(CC(C3)C1)C2. The molecule has 0 N–H and O–H groups in total. The first kappa shape index (κ1) is 14.4. The second-order valence-electron chi connectivity index (χ2n) is 8.18. The van der Waals surface area contributed by atoms with Crippen LogP contribution in [0.15, 0.2) is 4.79 Å². The second kappa shape index (κ2) is 4.59. The van der Waals surface area contributed by atoms with Crippen molar-refractivity contribution in [2.75, 3.05) is 18.6 Å². The minimum absolute atomic E-state index is 0.0199. The molecule has 1 aromatic heterocycles. The van der Waals surface area contributed by atoms with Crippen LogP contribution in [0.5, 0.6) is 0 Å². The van der Waals surface area contributed by atoms with Crippen LogP contribution in [0, 0.1) is 27.9 Å². The van der Waals surface area contributed by atoms with E-state index in [2.05, 4.69) is 15.0 Å². The fourth-order valence-corrected chi connectivity index (χ4v) is 6.28. The molecule has 9 nitrogen and oxygen atoms in total. The number of hydrazine groups is 1. The van der Waals surface area contributed by atoms with E-state index < -0.39 is 10.7 Å². The summed E-state index contributed by atoms with van der Waals surface area (Å²) in [6, 6.07) is 0. The third kappa shape index (κ3) is 1.78. The van der Waals surface area contributed by atoms with Crippen molar-refractivity contribution in [1.82, 2.24) is 19.5 Å². The molecule has 1 aliphatic heterocycles. The molecule has 24 heavy (non-hydrogen) atoms. The molecule has 0 unspecified atom stereocenters. The number of hydrogen-bond donors (Lipinski definition) is 0. The third-order valence-corrected chi connectivity index (χ3v) is 6.60. The average Bonchev–Trinajstić information content (AvgIpc) is 2.81. The van der Waals surface area contributed by atoms with Gasteiger partial charge in [-0.05, 0) is 56.3 Å². The second-order valence-corrected chi connectivity index (χ2v) is 8.18. The number of rotatable bonds is 2. The van der Waals surface area contributed by atoms with Crippen LogP contribution in [-0.2, 0) is 6.54 Å². The van der Waals surface area contributed by atoms with Crippen molar-refractivity contribution in [3.63, 3.8) is 0 Å². The number of fused-ring (bicyclic) bond motifs is 1. The molecule has 5 aliphatic rings. The minimum atomic E-state index is -0.792. The Morgan fingerprint density at radius 2 is 1.71 bits per heavy atom. The van der Waals surface area contributed by atoms with Gasteiger partial charge in [0, 0.05) is 7.05 Å². The van der Waals surface area contributed by atoms with E-state index >= 15 is 0 Å². The Morgan fingerprint density at radius 1 is 1.12 bits per heavy atom. The Labute approximate surface area is 138 Å². The molecule has 4 saturated carbocycles. The highest BCUT2D eigenvalue weighted by Crippen LogP contribution is 2.58. The Bertz CT molecular complexity index is 732. The summed E-state index contributed by atoms with van der Waals surface area (Å²) in [5.41, 5.74) is -0.812. The number of nitro groups is 1. The molecule has 0 amide bonds. The van der Waals surface area contributed by atoms with Gasteiger partial charge in [0.25, 0.3) is 0 Å². The molecule has 0 radical (unpaired) electrons. The highest BCUT2D eigenvalue weighted by atomic mass is 16.7. The summed E-state index contributed by atoms with van der Waals surface area (Å²) in [5, 5.41) is 14.9. The van der Waals surface area contributed by atoms with Gasteiger partial charge in [-0.1, -0.05) is 0 Å². The Hall–Kier alpha value is -1.90. The number of hydrogen-bond acceptors (Lipinski definition) is 6. The predicted octanol–water partition coefficient (Wildman–Crippen LogP) is 0.720. The largest absolute Gasteiger partial charge is 0.428 e. The first-order valence-electron chi connectivity index (χ1n) is 8.83. The number of likely N-dealkylation sites (N-methyl/N-ethyl adjacent to an activating group) is 1. The summed E-state index contributed by atoms with van der Waals surface area (Å²) in [6.45, 7) is 1.06. The van der Waals surface area contributed by atoms with Gasteiger partial charge in [0.15, 0.2) is 0 Å². The van der Waals surface area contributed by atoms with E-state index in [1.165, 1.54) is 23.9 Å². The quantitative estimate of drug-likeness (QED) is 0.585. The van der Waals surface area contributed by atoms with Crippen LogP contribution < -0.4 is 10.7 Å². The molecular weight excluding hydrogens is 312 g/mol. The maximum atomic E-state index is 12.1. The van der Waals surface area contributed by atoms with Gasteiger partial charge in [0.05, 0.1) is 21.9 Å². The lowest BCUT2D eigenvalue weighted by Crippen LogP contribution is -2.66. The van der Waals surface area contributed by atoms with E-state index in [4.69, 9.17) is 0 Å². The summed E-state index contributed by atoms with van der Waals surface area (Å²) in [4.78, 5) is 28.0. The van der Waals surface area contributed by atoms with Crippen LogP contribution in [0.1, 0.15) is 38.5 Å². The molecule has 130 valence electrons. The van der Waals surface area contributed by atoms with Crippen molar-refractivity contribution in [1.29, 1.82) is 0 Å². The zero-order chi connectivity index (χ0) is 16.6. The Morgan fingerprint density at radius 3 is 2.25 bits per heavy atom. The lowest BCUT2D eigenvalue weighted by atomic mass is 9.52. The van der Waals surface area contributed by atoms with Crippen molar-refractivity contribution in [2.24, 2.45) is 17.8 Å². The van der Waals surface area contributed by atoms with Gasteiger partial charge in [-0.2, -0.15) is 0 Å². The lowest BCUT2D eigenvalue weighted by Gasteiger charge is -2.61. The predicted molar refractivity (Wildman–Crippen MR) is 84.9 cm³/mol. The molecule has 0 atom stereocenters. The lowest BCUT2D eigenvalue weighted by molar-refractivity contribution is -0.561. The van der Waals surface area contributed by atoms with Gasteiger partial charge in [-0.3, -0.25) is 0 Å². The highest BCUT2D eigenvalue weighted by Gasteiger charge is 2.57. The van der Waals surface area contributed by atoms with Crippen molar-refractivity contribution < 1.29 is 5.03 Å². The van der Waals surface area contributed by atoms with Crippen LogP contribution in [0.4, 0.5) is 5.95 Å². The van der Waals surface area contributed by atoms with Crippen LogP contribution in [0.3, 0.4) is 0 Å². The van der Waals surface area contributed by atoms with E-state index in [9.17, 15) is 14.9 Å². The number of anilines is 1. The van der Waals surface area contributed by atoms with Crippen molar-refractivity contribution in [3.8, 4) is 0 Å². The molecule has 4 aliphatic carbocycles. The molecule has 1 aromatic rings. The van der Waals surface area contributed by atoms with Crippen LogP contribution >= 0.6 is 0 Å². The van der Waals surface area contributed by atoms with E-state index in [1.54, 1.807) is 0 Å². The maximum Gasteiger partial charge on any atom is 0.428 e. The van der Waals surface area contributed by atoms with Crippen LogP contribution in [-0.4, -0.2) is 43.6 Å². The van der Waals surface area contributed by atoms with E-state index in [-0.39, 0.29) is 5.54 Å². The smallest absolute Gasteiger partial charge is 0.339 e. The van der Waals surface area contributed by atoms with E-state index in [0.717, 1.165) is 37.0 Å². The molecule has 0 saturated heterocycles. The summed E-state index contributed by atoms with van der Waals surface area (Å²) < 4.78 is 1.45. The number of nitrogens with zero attached hydrogens (tertiary/aromatic N) is 6. The maximum absolute atomic E-state index is 12.1. The van der Waals surface area contributed by atoms with Gasteiger partial charge < -0.3 is 10.1 Å². The molecule has 2 heterocycles. The summed E-state index contributed by atoms with van der Waals surface area (Å²) in [6.07, 6.45) is 7.32. The standard InChI is InChI=1S/C15H22N6O3/c1-17-2-3-18-13(16-14(22)20(18)21(23)24)19(17)15-7-10-4-11(8-15)6-12(5-10)9-15/h10-12H,2-9H2,1H3. The van der Waals surface area contributed by atoms with Gasteiger partial charge in [-0.25, -0.2) is 14.8 Å². The van der Waals surface area contributed by atoms with Crippen molar-refractivity contribution in [3.05, 3.63) is 20.6 Å². The molecule has 0 aromatic carbocycles. The van der Waals surface area contributed by atoms with Crippen molar-refractivity contribution in [2.45, 2.75) is 50.6 Å². The first-order chi connectivity index (χ1) is 11.5. The summed E-state index contributed by atoms with van der Waals surface area (Å²) >= 11 is 0. The summed E-state index contributed by atoms with van der Waals surface area (Å²) in [5.74, 6) is 2.71. The average molecular weight is 334 g/mol. The molecule has 4 fully saturated rings. The topological polar surface area (TPSA) is 89.4 Å². The monoisotopic (exact) mass is 334 g/mol. The fourth-order valence-electron chi connectivity index (χ4n) is 6.28. The van der Waals surface area contributed by atoms with Gasteiger partial charge in [0.1, 0.15) is 6.54 Å². The molecule has 4 bridgehead atoms. The summed E-state index contributed by atoms with van der Waals surface area (Å²) in [7, 11) is 2.01. The van der Waals surface area contributed by atoms with E-state index in [0.29, 0.717) is 23.8 Å². The third-order valence-electron chi connectivity index (χ3n) is 6.60. The minimum Gasteiger partial charge on any atom is -0.339 e. The first-order valence-corrected chi connectivity index (χ1v) is 8.83. The Kier molecular flexibility index (Phi) is 2.76. The molecule has 6 rings (SSSR count).